The van der Waals surface area contributed by atoms with Crippen molar-refractivity contribution < 1.29 is 14.2 Å². The molecule has 1 aromatic carbocycles. The van der Waals surface area contributed by atoms with Gasteiger partial charge in [0.2, 0.25) is 0 Å². The molecule has 0 spiro atoms. The number of benzene rings is 1. The van der Waals surface area contributed by atoms with Crippen LogP contribution in [-0.2, 0) is 4.74 Å². The van der Waals surface area contributed by atoms with E-state index >= 15 is 0 Å². The molecule has 0 aliphatic rings. The van der Waals surface area contributed by atoms with E-state index in [9.17, 15) is 9.50 Å². The highest BCUT2D eigenvalue weighted by molar-refractivity contribution is 5.56. The minimum Gasteiger partial charge on any atom is -0.389 e. The van der Waals surface area contributed by atoms with Crippen LogP contribution >= 0.6 is 0 Å². The van der Waals surface area contributed by atoms with Crippen molar-refractivity contribution in [3.63, 3.8) is 0 Å². The first kappa shape index (κ1) is 15.9. The summed E-state index contributed by atoms with van der Waals surface area (Å²) < 4.78 is 19.1. The summed E-state index contributed by atoms with van der Waals surface area (Å²) >= 11 is 0. The second-order valence-electron chi connectivity index (χ2n) is 5.18. The lowest BCUT2D eigenvalue weighted by Crippen LogP contribution is -2.25. The molecule has 3 nitrogen and oxygen atoms in total. The van der Waals surface area contributed by atoms with Gasteiger partial charge in [0, 0.05) is 24.8 Å². The maximum atomic E-state index is 13.6. The standard InChI is InChI=1S/C15H24FNO2/c1-10(2)19-7-6-17(5)15-8-11(3)14(16)9-13(15)12(4)18/h8-10,12,18H,6-7H2,1-5H3/t12-/m0/s1. The number of hydrogen-bond acceptors (Lipinski definition) is 3. The van der Waals surface area contributed by atoms with Crippen molar-refractivity contribution in [3.8, 4) is 0 Å². The highest BCUT2D eigenvalue weighted by atomic mass is 19.1. The molecule has 1 aromatic rings. The Kier molecular flexibility index (Phi) is 5.76. The maximum Gasteiger partial charge on any atom is 0.126 e. The van der Waals surface area contributed by atoms with Crippen LogP contribution < -0.4 is 4.90 Å². The highest BCUT2D eigenvalue weighted by Gasteiger charge is 2.14. The number of rotatable bonds is 6. The van der Waals surface area contributed by atoms with Crippen LogP contribution in [0.2, 0.25) is 0 Å². The van der Waals surface area contributed by atoms with Gasteiger partial charge < -0.3 is 14.7 Å². The van der Waals surface area contributed by atoms with E-state index in [-0.39, 0.29) is 11.9 Å². The van der Waals surface area contributed by atoms with E-state index in [0.717, 1.165) is 5.69 Å². The molecule has 0 bridgehead atoms. The number of hydrogen-bond donors (Lipinski definition) is 1. The number of anilines is 1. The van der Waals surface area contributed by atoms with Crippen LogP contribution in [0.1, 0.15) is 38.0 Å². The smallest absolute Gasteiger partial charge is 0.126 e. The molecule has 0 aliphatic heterocycles. The average Bonchev–Trinajstić information content (AvgIpc) is 2.31. The first-order valence-corrected chi connectivity index (χ1v) is 6.63. The lowest BCUT2D eigenvalue weighted by atomic mass is 10.0. The molecule has 1 N–H and O–H groups in total. The second-order valence-corrected chi connectivity index (χ2v) is 5.18. The summed E-state index contributed by atoms with van der Waals surface area (Å²) in [4.78, 5) is 1.98. The van der Waals surface area contributed by atoms with Gasteiger partial charge >= 0.3 is 0 Å². The molecule has 0 radical (unpaired) electrons. The van der Waals surface area contributed by atoms with Crippen molar-refractivity contribution in [2.75, 3.05) is 25.1 Å². The van der Waals surface area contributed by atoms with Crippen LogP contribution in [0.5, 0.6) is 0 Å². The van der Waals surface area contributed by atoms with Crippen LogP contribution in [0.3, 0.4) is 0 Å². The van der Waals surface area contributed by atoms with E-state index in [1.165, 1.54) is 6.07 Å². The number of halogens is 1. The molecule has 19 heavy (non-hydrogen) atoms. The fraction of sp³-hybridized carbons (Fsp3) is 0.600. The molecule has 0 aliphatic carbocycles. The van der Waals surface area contributed by atoms with Crippen molar-refractivity contribution in [2.24, 2.45) is 0 Å². The molecule has 0 heterocycles. The molecule has 4 heteroatoms. The summed E-state index contributed by atoms with van der Waals surface area (Å²) in [6, 6.07) is 3.18. The lowest BCUT2D eigenvalue weighted by molar-refractivity contribution is 0.0845. The lowest BCUT2D eigenvalue weighted by Gasteiger charge is -2.25. The van der Waals surface area contributed by atoms with Crippen molar-refractivity contribution in [1.82, 2.24) is 0 Å². The van der Waals surface area contributed by atoms with Crippen LogP contribution in [-0.4, -0.2) is 31.4 Å². The monoisotopic (exact) mass is 269 g/mol. The third kappa shape index (κ3) is 4.48. The van der Waals surface area contributed by atoms with Gasteiger partial charge in [-0.3, -0.25) is 0 Å². The number of nitrogens with zero attached hydrogens (tertiary/aromatic N) is 1. The van der Waals surface area contributed by atoms with Gasteiger partial charge in [0.25, 0.3) is 0 Å². The van der Waals surface area contributed by atoms with Gasteiger partial charge in [0.15, 0.2) is 0 Å². The van der Waals surface area contributed by atoms with Crippen LogP contribution in [0.4, 0.5) is 10.1 Å². The van der Waals surface area contributed by atoms with Crippen molar-refractivity contribution in [1.29, 1.82) is 0 Å². The predicted molar refractivity (Wildman–Crippen MR) is 76.1 cm³/mol. The first-order chi connectivity index (χ1) is 8.82. The Balaban J connectivity index is 2.88. The number of ether oxygens (including phenoxy) is 1. The number of aliphatic hydroxyl groups excluding tert-OH is 1. The van der Waals surface area contributed by atoms with Crippen molar-refractivity contribution in [2.45, 2.75) is 39.9 Å². The average molecular weight is 269 g/mol. The quantitative estimate of drug-likeness (QED) is 0.861. The Hall–Kier alpha value is -1.13. The Morgan fingerprint density at radius 1 is 1.32 bits per heavy atom. The molecule has 1 atom stereocenters. The van der Waals surface area contributed by atoms with Crippen LogP contribution in [0.15, 0.2) is 12.1 Å². The Morgan fingerprint density at radius 3 is 2.47 bits per heavy atom. The number of aryl methyl sites for hydroxylation is 1. The SMILES string of the molecule is Cc1cc(N(C)CCOC(C)C)c([C@H](C)O)cc1F. The van der Waals surface area contributed by atoms with Gasteiger partial charge in [-0.1, -0.05) is 0 Å². The van der Waals surface area contributed by atoms with Crippen LogP contribution in [0.25, 0.3) is 0 Å². The molecule has 0 saturated heterocycles. The Morgan fingerprint density at radius 2 is 1.95 bits per heavy atom. The summed E-state index contributed by atoms with van der Waals surface area (Å²) in [6.45, 7) is 8.65. The summed E-state index contributed by atoms with van der Waals surface area (Å²) in [5.41, 5.74) is 2.03. The zero-order valence-electron chi connectivity index (χ0n) is 12.4. The van der Waals surface area contributed by atoms with E-state index in [1.54, 1.807) is 19.9 Å². The zero-order chi connectivity index (χ0) is 14.6. The van der Waals surface area contributed by atoms with E-state index in [0.29, 0.717) is 24.3 Å². The van der Waals surface area contributed by atoms with E-state index < -0.39 is 6.10 Å². The fourth-order valence-corrected chi connectivity index (χ4v) is 1.89. The molecule has 108 valence electrons. The van der Waals surface area contributed by atoms with Gasteiger partial charge in [-0.05, 0) is 45.4 Å². The highest BCUT2D eigenvalue weighted by Crippen LogP contribution is 2.28. The van der Waals surface area contributed by atoms with Gasteiger partial charge in [-0.2, -0.15) is 0 Å². The number of likely N-dealkylation sites (N-methyl/N-ethyl adjacent to an activating group) is 1. The normalized spacial score (nSPS) is 12.8. The van der Waals surface area contributed by atoms with Gasteiger partial charge in [0.05, 0.1) is 18.8 Å². The number of aliphatic hydroxyl groups is 1. The van der Waals surface area contributed by atoms with Gasteiger partial charge in [0.1, 0.15) is 5.82 Å². The van der Waals surface area contributed by atoms with E-state index in [4.69, 9.17) is 4.74 Å². The maximum absolute atomic E-state index is 13.6. The summed E-state index contributed by atoms with van der Waals surface area (Å²) in [7, 11) is 1.92. The Labute approximate surface area is 115 Å². The molecule has 0 saturated carbocycles. The van der Waals surface area contributed by atoms with Crippen LogP contribution in [0, 0.1) is 12.7 Å². The minimum absolute atomic E-state index is 0.194. The summed E-state index contributed by atoms with van der Waals surface area (Å²) in [5, 5.41) is 9.76. The largest absolute Gasteiger partial charge is 0.389 e. The third-order valence-electron chi connectivity index (χ3n) is 3.05. The third-order valence-corrected chi connectivity index (χ3v) is 3.05. The summed E-state index contributed by atoms with van der Waals surface area (Å²) in [6.07, 6.45) is -0.502. The summed E-state index contributed by atoms with van der Waals surface area (Å²) in [5.74, 6) is -0.286. The Bertz CT molecular complexity index is 419. The van der Waals surface area contributed by atoms with Gasteiger partial charge in [-0.15, -0.1) is 0 Å². The van der Waals surface area contributed by atoms with Crippen molar-refractivity contribution in [3.05, 3.63) is 29.1 Å². The zero-order valence-corrected chi connectivity index (χ0v) is 12.4. The second kappa shape index (κ2) is 6.87. The minimum atomic E-state index is -0.696. The molecule has 0 aromatic heterocycles. The fourth-order valence-electron chi connectivity index (χ4n) is 1.89. The van der Waals surface area contributed by atoms with Crippen molar-refractivity contribution >= 4 is 5.69 Å². The first-order valence-electron chi connectivity index (χ1n) is 6.63. The predicted octanol–water partition coefficient (Wildman–Crippen LogP) is 3.05. The molecular weight excluding hydrogens is 245 g/mol. The molecule has 0 amide bonds. The topological polar surface area (TPSA) is 32.7 Å². The molecule has 1 rings (SSSR count). The molecule has 0 unspecified atom stereocenters. The molecule has 0 fully saturated rings. The van der Waals surface area contributed by atoms with Gasteiger partial charge in [-0.25, -0.2) is 4.39 Å². The van der Waals surface area contributed by atoms with E-state index in [1.807, 2.05) is 25.8 Å². The molecular formula is C15H24FNO2. The van der Waals surface area contributed by atoms with E-state index in [2.05, 4.69) is 0 Å².